The first kappa shape index (κ1) is 17.2. The summed E-state index contributed by atoms with van der Waals surface area (Å²) in [4.78, 5) is 4.99. The Labute approximate surface area is 161 Å². The first-order chi connectivity index (χ1) is 13.1. The molecular weight excluding hydrogens is 326 g/mol. The Balaban J connectivity index is 1.87. The van der Waals surface area contributed by atoms with Crippen molar-refractivity contribution in [1.29, 1.82) is 0 Å². The molecule has 0 atom stereocenters. The molecule has 0 fully saturated rings. The highest BCUT2D eigenvalue weighted by Crippen LogP contribution is 2.31. The van der Waals surface area contributed by atoms with Gasteiger partial charge < -0.3 is 0 Å². The average Bonchev–Trinajstić information content (AvgIpc) is 2.89. The van der Waals surface area contributed by atoms with Crippen LogP contribution in [0.4, 0.5) is 0 Å². The fourth-order valence-corrected chi connectivity index (χ4v) is 3.22. The van der Waals surface area contributed by atoms with E-state index >= 15 is 0 Å². The molecule has 4 rings (SSSR count). The van der Waals surface area contributed by atoms with Crippen LogP contribution in [-0.2, 0) is 0 Å². The second-order valence-corrected chi connectivity index (χ2v) is 7.49. The van der Waals surface area contributed by atoms with Crippen molar-refractivity contribution in [1.82, 2.24) is 4.98 Å². The van der Waals surface area contributed by atoms with Gasteiger partial charge >= 0.3 is 0 Å². The number of aromatic nitrogens is 1. The molecule has 1 aliphatic rings. The maximum atomic E-state index is 4.99. The Morgan fingerprint density at radius 2 is 1.30 bits per heavy atom. The highest BCUT2D eigenvalue weighted by atomic mass is 14.7. The van der Waals surface area contributed by atoms with E-state index in [1.54, 1.807) is 0 Å². The summed E-state index contributed by atoms with van der Waals surface area (Å²) >= 11 is 0. The third-order valence-corrected chi connectivity index (χ3v) is 4.79. The quantitative estimate of drug-likeness (QED) is 0.498. The van der Waals surface area contributed by atoms with Gasteiger partial charge in [-0.3, -0.25) is 0 Å². The van der Waals surface area contributed by atoms with Crippen molar-refractivity contribution in [3.63, 3.8) is 0 Å². The molecular formula is C26H23N. The zero-order valence-electron chi connectivity index (χ0n) is 15.8. The summed E-state index contributed by atoms with van der Waals surface area (Å²) in [5.74, 6) is 0. The number of allylic oxidation sites excluding steroid dienone is 6. The van der Waals surface area contributed by atoms with Gasteiger partial charge in [0.05, 0.1) is 11.4 Å². The maximum Gasteiger partial charge on any atom is 0.0715 e. The summed E-state index contributed by atoms with van der Waals surface area (Å²) in [6, 6.07) is 25.2. The molecule has 1 aliphatic carbocycles. The zero-order valence-corrected chi connectivity index (χ0v) is 15.8. The lowest BCUT2D eigenvalue weighted by molar-refractivity contribution is 0.627. The van der Waals surface area contributed by atoms with Gasteiger partial charge in [-0.05, 0) is 28.8 Å². The third kappa shape index (κ3) is 3.98. The van der Waals surface area contributed by atoms with Crippen molar-refractivity contribution >= 4 is 5.57 Å². The van der Waals surface area contributed by atoms with E-state index < -0.39 is 0 Å². The van der Waals surface area contributed by atoms with Gasteiger partial charge in [0.1, 0.15) is 0 Å². The summed E-state index contributed by atoms with van der Waals surface area (Å²) in [6.07, 6.45) is 10.9. The molecule has 1 aromatic heterocycles. The highest BCUT2D eigenvalue weighted by molar-refractivity contribution is 5.80. The van der Waals surface area contributed by atoms with Crippen molar-refractivity contribution < 1.29 is 0 Å². The molecule has 0 saturated heterocycles. The molecule has 1 heteroatoms. The van der Waals surface area contributed by atoms with E-state index in [1.807, 2.05) is 12.1 Å². The van der Waals surface area contributed by atoms with Crippen LogP contribution in [0.15, 0.2) is 103 Å². The van der Waals surface area contributed by atoms with E-state index in [2.05, 4.69) is 105 Å². The topological polar surface area (TPSA) is 12.9 Å². The fourth-order valence-electron chi connectivity index (χ4n) is 3.22. The Hall–Kier alpha value is -3.19. The summed E-state index contributed by atoms with van der Waals surface area (Å²) in [7, 11) is 0. The largest absolute Gasteiger partial charge is 0.248 e. The normalized spacial score (nSPS) is 15.3. The maximum absolute atomic E-state index is 4.99. The Kier molecular flexibility index (Phi) is 4.60. The van der Waals surface area contributed by atoms with Gasteiger partial charge in [-0.1, -0.05) is 105 Å². The van der Waals surface area contributed by atoms with Crippen LogP contribution in [0, 0.1) is 5.41 Å². The molecule has 0 amide bonds. The summed E-state index contributed by atoms with van der Waals surface area (Å²) in [5.41, 5.74) is 6.69. The third-order valence-electron chi connectivity index (χ3n) is 4.79. The van der Waals surface area contributed by atoms with E-state index in [1.165, 1.54) is 11.1 Å². The minimum absolute atomic E-state index is 0.0531. The Morgan fingerprint density at radius 3 is 2.00 bits per heavy atom. The number of benzene rings is 2. The summed E-state index contributed by atoms with van der Waals surface area (Å²) in [5, 5.41) is 0. The molecule has 3 aromatic rings. The number of rotatable bonds is 3. The predicted molar refractivity (Wildman–Crippen MR) is 115 cm³/mol. The Bertz CT molecular complexity index is 965. The molecule has 0 saturated carbocycles. The lowest BCUT2D eigenvalue weighted by atomic mass is 9.93. The second-order valence-electron chi connectivity index (χ2n) is 7.49. The van der Waals surface area contributed by atoms with Crippen molar-refractivity contribution in [2.45, 2.75) is 13.8 Å². The number of hydrogen-bond donors (Lipinski definition) is 0. The second kappa shape index (κ2) is 7.20. The van der Waals surface area contributed by atoms with E-state index in [9.17, 15) is 0 Å². The number of pyridine rings is 1. The molecule has 0 N–H and O–H groups in total. The van der Waals surface area contributed by atoms with Crippen molar-refractivity contribution in [2.75, 3.05) is 0 Å². The van der Waals surface area contributed by atoms with Crippen LogP contribution in [0.2, 0.25) is 0 Å². The van der Waals surface area contributed by atoms with Crippen LogP contribution < -0.4 is 0 Å². The van der Waals surface area contributed by atoms with E-state index in [0.717, 1.165) is 22.5 Å². The van der Waals surface area contributed by atoms with E-state index in [4.69, 9.17) is 4.98 Å². The number of nitrogens with zero attached hydrogens (tertiary/aromatic N) is 1. The molecule has 27 heavy (non-hydrogen) atoms. The van der Waals surface area contributed by atoms with E-state index in [0.29, 0.717) is 0 Å². The van der Waals surface area contributed by atoms with Gasteiger partial charge in [-0.2, -0.15) is 0 Å². The monoisotopic (exact) mass is 349 g/mol. The SMILES string of the molecule is CC1(C)C=CC=C(c2cc(-c3ccccc3)cc(-c3ccccc3)n2)C=C1. The van der Waals surface area contributed by atoms with Crippen LogP contribution in [0.1, 0.15) is 19.5 Å². The minimum atomic E-state index is 0.0531. The van der Waals surface area contributed by atoms with Gasteiger partial charge in [-0.15, -0.1) is 0 Å². The minimum Gasteiger partial charge on any atom is -0.248 e. The van der Waals surface area contributed by atoms with Crippen molar-refractivity contribution in [3.05, 3.63) is 109 Å². The molecule has 0 bridgehead atoms. The highest BCUT2D eigenvalue weighted by Gasteiger charge is 2.13. The van der Waals surface area contributed by atoms with Crippen LogP contribution in [0.3, 0.4) is 0 Å². The molecule has 0 spiro atoms. The van der Waals surface area contributed by atoms with Gasteiger partial charge in [0.15, 0.2) is 0 Å². The smallest absolute Gasteiger partial charge is 0.0715 e. The lowest BCUT2D eigenvalue weighted by Crippen LogP contribution is -2.00. The van der Waals surface area contributed by atoms with Crippen molar-refractivity contribution in [2.24, 2.45) is 5.41 Å². The molecule has 2 aromatic carbocycles. The first-order valence-corrected chi connectivity index (χ1v) is 9.33. The van der Waals surface area contributed by atoms with Crippen LogP contribution >= 0.6 is 0 Å². The van der Waals surface area contributed by atoms with Gasteiger partial charge in [-0.25, -0.2) is 4.98 Å². The number of hydrogen-bond acceptors (Lipinski definition) is 1. The van der Waals surface area contributed by atoms with Gasteiger partial charge in [0.2, 0.25) is 0 Å². The standard InChI is InChI=1S/C26H23N/c1-26(2)16-9-14-22(15-17-26)25-19-23(20-10-5-3-6-11-20)18-24(27-25)21-12-7-4-8-13-21/h3-19H,1-2H3. The average molecular weight is 349 g/mol. The summed E-state index contributed by atoms with van der Waals surface area (Å²) < 4.78 is 0. The summed E-state index contributed by atoms with van der Waals surface area (Å²) in [6.45, 7) is 4.42. The molecule has 0 unspecified atom stereocenters. The van der Waals surface area contributed by atoms with Crippen LogP contribution in [0.5, 0.6) is 0 Å². The van der Waals surface area contributed by atoms with Crippen LogP contribution in [0.25, 0.3) is 28.0 Å². The zero-order chi connectivity index (χ0) is 18.7. The molecule has 0 radical (unpaired) electrons. The first-order valence-electron chi connectivity index (χ1n) is 9.33. The molecule has 132 valence electrons. The Morgan fingerprint density at radius 1 is 0.667 bits per heavy atom. The predicted octanol–water partition coefficient (Wildman–Crippen LogP) is 6.95. The molecule has 0 aliphatic heterocycles. The van der Waals surface area contributed by atoms with Gasteiger partial charge in [0.25, 0.3) is 0 Å². The van der Waals surface area contributed by atoms with Crippen molar-refractivity contribution in [3.8, 4) is 22.4 Å². The van der Waals surface area contributed by atoms with E-state index in [-0.39, 0.29) is 5.41 Å². The fraction of sp³-hybridized carbons (Fsp3) is 0.115. The van der Waals surface area contributed by atoms with Crippen LogP contribution in [-0.4, -0.2) is 4.98 Å². The lowest BCUT2D eigenvalue weighted by Gasteiger charge is -2.13. The molecule has 1 heterocycles. The van der Waals surface area contributed by atoms with Gasteiger partial charge in [0, 0.05) is 11.0 Å². The molecule has 1 nitrogen and oxygen atoms in total.